The lowest BCUT2D eigenvalue weighted by atomic mass is 10.4. The number of hydrogen-bond acceptors (Lipinski definition) is 3. The van der Waals surface area contributed by atoms with Crippen molar-refractivity contribution in [2.24, 2.45) is 0 Å². The number of alkyl halides is 1. The third kappa shape index (κ3) is 2.48. The second kappa shape index (κ2) is 5.36. The van der Waals surface area contributed by atoms with Crippen LogP contribution in [-0.2, 0) is 0 Å². The first-order valence-electron chi connectivity index (χ1n) is 4.24. The summed E-state index contributed by atoms with van der Waals surface area (Å²) in [6, 6.07) is 0. The maximum absolute atomic E-state index is 11.3. The second-order valence-electron chi connectivity index (χ2n) is 2.64. The minimum atomic E-state index is -0.178. The Morgan fingerprint density at radius 1 is 1.71 bits per heavy atom. The second-order valence-corrected chi connectivity index (χ2v) is 3.81. The predicted molar refractivity (Wildman–Crippen MR) is 61.2 cm³/mol. The van der Waals surface area contributed by atoms with Gasteiger partial charge in [-0.2, -0.15) is 0 Å². The smallest absolute Gasteiger partial charge is 0.267 e. The fourth-order valence-corrected chi connectivity index (χ4v) is 1.78. The molecule has 1 rings (SSSR count). The number of nitrogens with zero attached hydrogens (tertiary/aromatic N) is 2. The number of H-pyrrole nitrogens is 1. The standard InChI is InChI=1S/C8H11BrClN3O/c1-2-13(4-3-10)7-6(9)8(14)12-5-11-7/h5H,2-4H2,1H3,(H,11,12,14). The quantitative estimate of drug-likeness (QED) is 0.852. The topological polar surface area (TPSA) is 49.0 Å². The van der Waals surface area contributed by atoms with E-state index in [1.165, 1.54) is 6.33 Å². The van der Waals surface area contributed by atoms with E-state index in [2.05, 4.69) is 25.9 Å². The largest absolute Gasteiger partial charge is 0.355 e. The molecule has 0 unspecified atom stereocenters. The van der Waals surface area contributed by atoms with Gasteiger partial charge in [0.25, 0.3) is 5.56 Å². The zero-order valence-electron chi connectivity index (χ0n) is 7.76. The van der Waals surface area contributed by atoms with E-state index < -0.39 is 0 Å². The molecule has 0 amide bonds. The Labute approximate surface area is 95.4 Å². The van der Waals surface area contributed by atoms with Crippen molar-refractivity contribution in [1.29, 1.82) is 0 Å². The monoisotopic (exact) mass is 279 g/mol. The highest BCUT2D eigenvalue weighted by atomic mass is 79.9. The Morgan fingerprint density at radius 2 is 2.43 bits per heavy atom. The summed E-state index contributed by atoms with van der Waals surface area (Å²) in [5.41, 5.74) is -0.178. The SMILES string of the molecule is CCN(CCCl)c1nc[nH]c(=O)c1Br. The summed E-state index contributed by atoms with van der Waals surface area (Å²) in [7, 11) is 0. The Balaban J connectivity index is 3.03. The zero-order chi connectivity index (χ0) is 10.6. The molecule has 6 heteroatoms. The van der Waals surface area contributed by atoms with Gasteiger partial charge in [0.05, 0.1) is 6.33 Å². The van der Waals surface area contributed by atoms with E-state index in [0.717, 1.165) is 6.54 Å². The highest BCUT2D eigenvalue weighted by Gasteiger charge is 2.11. The maximum Gasteiger partial charge on any atom is 0.267 e. The van der Waals surface area contributed by atoms with Gasteiger partial charge in [0.2, 0.25) is 0 Å². The van der Waals surface area contributed by atoms with Crippen molar-refractivity contribution in [1.82, 2.24) is 9.97 Å². The maximum atomic E-state index is 11.3. The van der Waals surface area contributed by atoms with Gasteiger partial charge in [-0.05, 0) is 22.9 Å². The van der Waals surface area contributed by atoms with Crippen molar-refractivity contribution in [3.8, 4) is 0 Å². The summed E-state index contributed by atoms with van der Waals surface area (Å²) in [6.45, 7) is 3.43. The van der Waals surface area contributed by atoms with Crippen molar-refractivity contribution in [3.63, 3.8) is 0 Å². The Bertz CT molecular complexity index is 355. The molecule has 0 spiro atoms. The summed E-state index contributed by atoms with van der Waals surface area (Å²) >= 11 is 8.85. The van der Waals surface area contributed by atoms with Crippen LogP contribution in [0.4, 0.5) is 5.82 Å². The lowest BCUT2D eigenvalue weighted by Gasteiger charge is -2.20. The molecule has 1 aromatic rings. The van der Waals surface area contributed by atoms with Crippen LogP contribution in [0, 0.1) is 0 Å². The van der Waals surface area contributed by atoms with Gasteiger partial charge in [0.1, 0.15) is 10.3 Å². The van der Waals surface area contributed by atoms with Crippen LogP contribution in [0.1, 0.15) is 6.92 Å². The number of aromatic nitrogens is 2. The van der Waals surface area contributed by atoms with Gasteiger partial charge in [0.15, 0.2) is 0 Å². The molecular weight excluding hydrogens is 269 g/mol. The Morgan fingerprint density at radius 3 is 3.00 bits per heavy atom. The molecule has 0 saturated heterocycles. The molecule has 0 aliphatic rings. The van der Waals surface area contributed by atoms with Gasteiger partial charge in [-0.3, -0.25) is 4.79 Å². The van der Waals surface area contributed by atoms with E-state index in [4.69, 9.17) is 11.6 Å². The van der Waals surface area contributed by atoms with E-state index in [9.17, 15) is 4.79 Å². The molecule has 1 aromatic heterocycles. The van der Waals surface area contributed by atoms with Crippen LogP contribution < -0.4 is 10.5 Å². The average Bonchev–Trinajstić information content (AvgIpc) is 2.19. The molecule has 0 fully saturated rings. The van der Waals surface area contributed by atoms with Crippen molar-refractivity contribution in [2.45, 2.75) is 6.92 Å². The highest BCUT2D eigenvalue weighted by molar-refractivity contribution is 9.10. The first kappa shape index (κ1) is 11.5. The number of nitrogens with one attached hydrogen (secondary N) is 1. The van der Waals surface area contributed by atoms with Crippen LogP contribution in [0.2, 0.25) is 0 Å². The molecule has 1 N–H and O–H groups in total. The highest BCUT2D eigenvalue weighted by Crippen LogP contribution is 2.18. The number of rotatable bonds is 4. The number of aromatic amines is 1. The van der Waals surface area contributed by atoms with E-state index in [0.29, 0.717) is 22.7 Å². The molecule has 0 radical (unpaired) electrons. The van der Waals surface area contributed by atoms with Crippen LogP contribution in [-0.4, -0.2) is 28.9 Å². The van der Waals surface area contributed by atoms with E-state index in [1.54, 1.807) is 0 Å². The predicted octanol–water partition coefficient (Wildman–Crippen LogP) is 1.60. The van der Waals surface area contributed by atoms with Crippen LogP contribution in [0.25, 0.3) is 0 Å². The molecule has 0 aromatic carbocycles. The van der Waals surface area contributed by atoms with Crippen LogP contribution in [0.3, 0.4) is 0 Å². The summed E-state index contributed by atoms with van der Waals surface area (Å²) in [6.07, 6.45) is 1.39. The first-order chi connectivity index (χ1) is 6.70. The third-order valence-electron chi connectivity index (χ3n) is 1.81. The molecule has 0 saturated carbocycles. The Hall–Kier alpha value is -0.550. The lowest BCUT2D eigenvalue weighted by molar-refractivity contribution is 0.837. The average molecular weight is 281 g/mol. The summed E-state index contributed by atoms with van der Waals surface area (Å²) < 4.78 is 0.451. The van der Waals surface area contributed by atoms with Gasteiger partial charge in [0, 0.05) is 19.0 Å². The number of hydrogen-bond donors (Lipinski definition) is 1. The fraction of sp³-hybridized carbons (Fsp3) is 0.500. The van der Waals surface area contributed by atoms with E-state index in [1.807, 2.05) is 11.8 Å². The van der Waals surface area contributed by atoms with Gasteiger partial charge < -0.3 is 9.88 Å². The third-order valence-corrected chi connectivity index (χ3v) is 2.70. The van der Waals surface area contributed by atoms with E-state index >= 15 is 0 Å². The van der Waals surface area contributed by atoms with Crippen molar-refractivity contribution in [2.75, 3.05) is 23.9 Å². The summed E-state index contributed by atoms with van der Waals surface area (Å²) in [4.78, 5) is 19.8. The molecule has 0 aliphatic carbocycles. The van der Waals surface area contributed by atoms with Crippen molar-refractivity contribution in [3.05, 3.63) is 21.2 Å². The van der Waals surface area contributed by atoms with Gasteiger partial charge in [-0.1, -0.05) is 0 Å². The van der Waals surface area contributed by atoms with E-state index in [-0.39, 0.29) is 5.56 Å². The molecule has 0 aliphatic heterocycles. The molecular formula is C8H11BrClN3O. The fourth-order valence-electron chi connectivity index (χ4n) is 1.11. The molecule has 78 valence electrons. The minimum absolute atomic E-state index is 0.178. The van der Waals surface area contributed by atoms with Crippen LogP contribution >= 0.6 is 27.5 Å². The normalized spacial score (nSPS) is 10.2. The lowest BCUT2D eigenvalue weighted by Crippen LogP contribution is -2.28. The van der Waals surface area contributed by atoms with Gasteiger partial charge in [-0.25, -0.2) is 4.98 Å². The summed E-state index contributed by atoms with van der Waals surface area (Å²) in [5.74, 6) is 1.14. The molecule has 14 heavy (non-hydrogen) atoms. The molecule has 0 atom stereocenters. The molecule has 1 heterocycles. The number of halogens is 2. The summed E-state index contributed by atoms with van der Waals surface area (Å²) in [5, 5.41) is 0. The first-order valence-corrected chi connectivity index (χ1v) is 5.57. The zero-order valence-corrected chi connectivity index (χ0v) is 10.1. The van der Waals surface area contributed by atoms with Crippen LogP contribution in [0.5, 0.6) is 0 Å². The number of anilines is 1. The Kier molecular flexibility index (Phi) is 4.41. The molecule has 4 nitrogen and oxygen atoms in total. The van der Waals surface area contributed by atoms with Crippen molar-refractivity contribution >= 4 is 33.3 Å². The minimum Gasteiger partial charge on any atom is -0.355 e. The van der Waals surface area contributed by atoms with Crippen LogP contribution in [0.15, 0.2) is 15.6 Å². The van der Waals surface area contributed by atoms with Gasteiger partial charge >= 0.3 is 0 Å². The van der Waals surface area contributed by atoms with Gasteiger partial charge in [-0.15, -0.1) is 11.6 Å². The van der Waals surface area contributed by atoms with Crippen molar-refractivity contribution < 1.29 is 0 Å². The molecule has 0 bridgehead atoms.